The summed E-state index contributed by atoms with van der Waals surface area (Å²) in [6.07, 6.45) is 7.99. The number of hydrogen-bond acceptors (Lipinski definition) is 1. The van der Waals surface area contributed by atoms with Crippen molar-refractivity contribution >= 4 is 5.57 Å². The topological polar surface area (TPSA) is 9.23 Å². The number of methoxy groups -OCH3 is 1. The summed E-state index contributed by atoms with van der Waals surface area (Å²) in [4.78, 5) is 0. The molecule has 2 unspecified atom stereocenters. The maximum Gasteiger partial charge on any atom is 0.192 e. The Hall–Kier alpha value is -2.75. The second-order valence-corrected chi connectivity index (χ2v) is 9.10. The molecule has 4 heteroatoms. The maximum absolute atomic E-state index is 15.0. The lowest BCUT2D eigenvalue weighted by atomic mass is 9.77. The van der Waals surface area contributed by atoms with Gasteiger partial charge in [0.1, 0.15) is 11.6 Å². The van der Waals surface area contributed by atoms with E-state index >= 15 is 4.39 Å². The van der Waals surface area contributed by atoms with Crippen molar-refractivity contribution in [3.05, 3.63) is 90.0 Å². The minimum absolute atomic E-state index is 0.0105. The molecular formula is C29H31F3O. The van der Waals surface area contributed by atoms with Crippen LogP contribution in [0.3, 0.4) is 0 Å². The molecule has 2 atom stereocenters. The highest BCUT2D eigenvalue weighted by molar-refractivity contribution is 5.75. The van der Waals surface area contributed by atoms with Crippen LogP contribution in [0.1, 0.15) is 55.6 Å². The molecule has 2 aromatic carbocycles. The first-order chi connectivity index (χ1) is 16.0. The van der Waals surface area contributed by atoms with Gasteiger partial charge in [0.15, 0.2) is 12.3 Å². The molecule has 1 fully saturated rings. The van der Waals surface area contributed by atoms with E-state index in [1.165, 1.54) is 19.6 Å². The average Bonchev–Trinajstić information content (AvgIpc) is 2.85. The molecular weight excluding hydrogens is 421 g/mol. The summed E-state index contributed by atoms with van der Waals surface area (Å²) < 4.78 is 48.6. The van der Waals surface area contributed by atoms with Crippen LogP contribution in [0, 0.1) is 11.7 Å². The first-order valence-corrected chi connectivity index (χ1v) is 11.8. The lowest BCUT2D eigenvalue weighted by Gasteiger charge is -2.29. The molecule has 2 aliphatic rings. The third kappa shape index (κ3) is 5.10. The van der Waals surface area contributed by atoms with Crippen molar-refractivity contribution in [1.82, 2.24) is 0 Å². The van der Waals surface area contributed by atoms with Crippen molar-refractivity contribution in [3.63, 3.8) is 0 Å². The molecule has 0 aliphatic heterocycles. The van der Waals surface area contributed by atoms with Crippen LogP contribution >= 0.6 is 0 Å². The van der Waals surface area contributed by atoms with Gasteiger partial charge in [-0.2, -0.15) is 0 Å². The number of allylic oxidation sites excluding steroid dienone is 5. The molecule has 174 valence electrons. The van der Waals surface area contributed by atoms with Crippen molar-refractivity contribution in [2.24, 2.45) is 5.92 Å². The van der Waals surface area contributed by atoms with Gasteiger partial charge in [-0.05, 0) is 90.3 Å². The van der Waals surface area contributed by atoms with Gasteiger partial charge in [0.2, 0.25) is 0 Å². The van der Waals surface area contributed by atoms with Gasteiger partial charge < -0.3 is 4.74 Å². The summed E-state index contributed by atoms with van der Waals surface area (Å²) in [7, 11) is 1.33. The number of hydrogen-bond donors (Lipinski definition) is 0. The molecule has 0 radical (unpaired) electrons. The molecule has 0 spiro atoms. The third-order valence-corrected chi connectivity index (χ3v) is 7.11. The second kappa shape index (κ2) is 10.5. The van der Waals surface area contributed by atoms with E-state index < -0.39 is 12.3 Å². The second-order valence-electron chi connectivity index (χ2n) is 9.10. The molecule has 33 heavy (non-hydrogen) atoms. The number of rotatable bonds is 7. The molecule has 0 heterocycles. The zero-order chi connectivity index (χ0) is 23.4. The van der Waals surface area contributed by atoms with Crippen molar-refractivity contribution in [2.75, 3.05) is 7.11 Å². The zero-order valence-electron chi connectivity index (χ0n) is 19.1. The zero-order valence-corrected chi connectivity index (χ0v) is 19.1. The van der Waals surface area contributed by atoms with E-state index in [0.717, 1.165) is 54.7 Å². The molecule has 0 aromatic heterocycles. The van der Waals surface area contributed by atoms with Crippen LogP contribution in [-0.4, -0.2) is 19.5 Å². The Bertz CT molecular complexity index is 1030. The van der Waals surface area contributed by atoms with Crippen molar-refractivity contribution in [3.8, 4) is 11.1 Å². The van der Waals surface area contributed by atoms with E-state index in [1.807, 2.05) is 30.3 Å². The standard InChI is InChI=1S/C29H31F3O/c1-3-4-5-19-6-8-21(9-7-19)24-15-14-23(18-26(24)30)20-10-12-22(13-11-20)25-16-17-27(33-2)29(32)28(25)31/h3,10-19,21,28-29H,1,4-9H2,2H3. The van der Waals surface area contributed by atoms with Gasteiger partial charge in [0.25, 0.3) is 0 Å². The highest BCUT2D eigenvalue weighted by Gasteiger charge is 2.32. The van der Waals surface area contributed by atoms with Gasteiger partial charge in [0.05, 0.1) is 7.11 Å². The van der Waals surface area contributed by atoms with Crippen LogP contribution in [-0.2, 0) is 4.74 Å². The van der Waals surface area contributed by atoms with Gasteiger partial charge >= 0.3 is 0 Å². The fourth-order valence-electron chi connectivity index (χ4n) is 5.10. The molecule has 1 nitrogen and oxygen atoms in total. The summed E-state index contributed by atoms with van der Waals surface area (Å²) in [5.74, 6) is 0.832. The van der Waals surface area contributed by atoms with Gasteiger partial charge in [-0.15, -0.1) is 6.58 Å². The van der Waals surface area contributed by atoms with Crippen LogP contribution in [0.25, 0.3) is 16.7 Å². The summed E-state index contributed by atoms with van der Waals surface area (Å²) in [6, 6.07) is 12.6. The number of ether oxygens (including phenoxy) is 1. The Morgan fingerprint density at radius 3 is 2.21 bits per heavy atom. The van der Waals surface area contributed by atoms with E-state index in [2.05, 4.69) is 6.58 Å². The fourth-order valence-corrected chi connectivity index (χ4v) is 5.10. The summed E-state index contributed by atoms with van der Waals surface area (Å²) in [5, 5.41) is 0. The Balaban J connectivity index is 1.46. The van der Waals surface area contributed by atoms with E-state index in [0.29, 0.717) is 5.56 Å². The maximum atomic E-state index is 15.0. The fraction of sp³-hybridized carbons (Fsp3) is 0.379. The quantitative estimate of drug-likeness (QED) is 0.384. The van der Waals surface area contributed by atoms with E-state index in [1.54, 1.807) is 24.3 Å². The average molecular weight is 453 g/mol. The number of alkyl halides is 2. The van der Waals surface area contributed by atoms with E-state index in [4.69, 9.17) is 4.74 Å². The number of benzene rings is 2. The minimum Gasteiger partial charge on any atom is -0.498 e. The first kappa shape index (κ1) is 23.4. The van der Waals surface area contributed by atoms with Gasteiger partial charge in [0, 0.05) is 0 Å². The summed E-state index contributed by atoms with van der Waals surface area (Å²) >= 11 is 0. The Morgan fingerprint density at radius 1 is 0.909 bits per heavy atom. The predicted octanol–water partition coefficient (Wildman–Crippen LogP) is 8.34. The SMILES string of the molecule is C=CCCC1CCC(c2ccc(-c3ccc(C4=CC=C(OC)C(F)C4F)cc3)cc2F)CC1. The van der Waals surface area contributed by atoms with Gasteiger partial charge in [-0.25, -0.2) is 13.2 Å². The van der Waals surface area contributed by atoms with Crippen LogP contribution in [0.15, 0.2) is 73.0 Å². The minimum atomic E-state index is -1.81. The van der Waals surface area contributed by atoms with E-state index in [9.17, 15) is 8.78 Å². The number of halogens is 3. The lowest BCUT2D eigenvalue weighted by molar-refractivity contribution is 0.152. The Morgan fingerprint density at radius 2 is 1.58 bits per heavy atom. The largest absolute Gasteiger partial charge is 0.498 e. The van der Waals surface area contributed by atoms with E-state index in [-0.39, 0.29) is 23.1 Å². The van der Waals surface area contributed by atoms with Crippen molar-refractivity contribution < 1.29 is 17.9 Å². The molecule has 0 saturated heterocycles. The van der Waals surface area contributed by atoms with Gasteiger partial charge in [-0.3, -0.25) is 0 Å². The first-order valence-electron chi connectivity index (χ1n) is 11.8. The van der Waals surface area contributed by atoms with Gasteiger partial charge in [-0.1, -0.05) is 48.6 Å². The molecule has 0 amide bonds. The summed E-state index contributed by atoms with van der Waals surface area (Å²) in [6.45, 7) is 3.80. The normalized spacial score (nSPS) is 25.2. The third-order valence-electron chi connectivity index (χ3n) is 7.11. The highest BCUT2D eigenvalue weighted by Crippen LogP contribution is 2.39. The molecule has 0 bridgehead atoms. The highest BCUT2D eigenvalue weighted by atomic mass is 19.2. The molecule has 2 aliphatic carbocycles. The predicted molar refractivity (Wildman–Crippen MR) is 129 cm³/mol. The van der Waals surface area contributed by atoms with Crippen LogP contribution in [0.2, 0.25) is 0 Å². The van der Waals surface area contributed by atoms with Crippen LogP contribution in [0.4, 0.5) is 13.2 Å². The van der Waals surface area contributed by atoms with Crippen LogP contribution < -0.4 is 0 Å². The monoisotopic (exact) mass is 452 g/mol. The molecule has 4 rings (SSSR count). The smallest absolute Gasteiger partial charge is 0.192 e. The molecule has 0 N–H and O–H groups in total. The Labute approximate surface area is 194 Å². The van der Waals surface area contributed by atoms with Crippen LogP contribution in [0.5, 0.6) is 0 Å². The van der Waals surface area contributed by atoms with Crippen molar-refractivity contribution in [1.29, 1.82) is 0 Å². The molecule has 1 saturated carbocycles. The summed E-state index contributed by atoms with van der Waals surface area (Å²) in [5.41, 5.74) is 3.31. The lowest BCUT2D eigenvalue weighted by Crippen LogP contribution is -2.24. The Kier molecular flexibility index (Phi) is 7.42. The van der Waals surface area contributed by atoms with Crippen molar-refractivity contribution in [2.45, 2.75) is 56.8 Å². The molecule has 2 aromatic rings.